The lowest BCUT2D eigenvalue weighted by Gasteiger charge is -2.02. The van der Waals surface area contributed by atoms with Gasteiger partial charge >= 0.3 is 6.01 Å². The Kier molecular flexibility index (Phi) is 4.60. The zero-order valence-electron chi connectivity index (χ0n) is 14.4. The molecule has 0 spiro atoms. The van der Waals surface area contributed by atoms with Crippen LogP contribution in [0.15, 0.2) is 39.8 Å². The van der Waals surface area contributed by atoms with E-state index in [9.17, 15) is 13.2 Å². The van der Waals surface area contributed by atoms with Gasteiger partial charge in [-0.1, -0.05) is 17.2 Å². The first kappa shape index (κ1) is 17.8. The van der Waals surface area contributed by atoms with Gasteiger partial charge < -0.3 is 4.42 Å². The zero-order valence-corrected chi connectivity index (χ0v) is 15.2. The molecule has 1 N–H and O–H groups in total. The maximum Gasteiger partial charge on any atom is 0.322 e. The van der Waals surface area contributed by atoms with Crippen molar-refractivity contribution in [3.8, 4) is 0 Å². The van der Waals surface area contributed by atoms with Crippen LogP contribution in [-0.2, 0) is 23.3 Å². The van der Waals surface area contributed by atoms with Gasteiger partial charge in [0, 0.05) is 13.3 Å². The van der Waals surface area contributed by atoms with Crippen LogP contribution in [0.2, 0.25) is 0 Å². The average Bonchev–Trinajstić information content (AvgIpc) is 3.13. The predicted molar refractivity (Wildman–Crippen MR) is 92.6 cm³/mol. The standard InChI is InChI=1S/C16H17N5O4S/c1-10-9-17-21(2)14(10)15(22)18-16-20-19-13(25-16)8-11-4-6-12(7-5-11)26(3,23)24/h4-7,9H,8H2,1-3H3,(H,18,20,22). The van der Waals surface area contributed by atoms with E-state index in [1.807, 2.05) is 0 Å². The molecule has 0 saturated carbocycles. The molecular formula is C16H17N5O4S. The van der Waals surface area contributed by atoms with E-state index in [4.69, 9.17) is 4.42 Å². The highest BCUT2D eigenvalue weighted by atomic mass is 32.2. The number of aromatic nitrogens is 4. The molecule has 26 heavy (non-hydrogen) atoms. The number of amides is 1. The maximum atomic E-state index is 12.3. The molecular weight excluding hydrogens is 358 g/mol. The van der Waals surface area contributed by atoms with Crippen molar-refractivity contribution >= 4 is 21.8 Å². The second-order valence-electron chi connectivity index (χ2n) is 5.85. The molecule has 136 valence electrons. The second-order valence-corrected chi connectivity index (χ2v) is 7.86. The smallest absolute Gasteiger partial charge is 0.322 e. The van der Waals surface area contributed by atoms with Gasteiger partial charge in [0.1, 0.15) is 5.69 Å². The number of hydrogen-bond acceptors (Lipinski definition) is 7. The van der Waals surface area contributed by atoms with E-state index in [-0.39, 0.29) is 10.9 Å². The molecule has 1 aromatic carbocycles. The quantitative estimate of drug-likeness (QED) is 0.715. The summed E-state index contributed by atoms with van der Waals surface area (Å²) in [5, 5.41) is 14.2. The Bertz CT molecular complexity index is 1030. The fraction of sp³-hybridized carbons (Fsp3) is 0.250. The van der Waals surface area contributed by atoms with Crippen LogP contribution in [0, 0.1) is 6.92 Å². The maximum absolute atomic E-state index is 12.3. The molecule has 0 bridgehead atoms. The normalized spacial score (nSPS) is 11.5. The van der Waals surface area contributed by atoms with Crippen LogP contribution in [0.3, 0.4) is 0 Å². The van der Waals surface area contributed by atoms with E-state index >= 15 is 0 Å². The van der Waals surface area contributed by atoms with Gasteiger partial charge in [0.25, 0.3) is 5.91 Å². The number of carbonyl (C=O) groups excluding carboxylic acids is 1. The van der Waals surface area contributed by atoms with Gasteiger partial charge in [0.05, 0.1) is 17.5 Å². The van der Waals surface area contributed by atoms with Crippen LogP contribution < -0.4 is 5.32 Å². The van der Waals surface area contributed by atoms with Crippen molar-refractivity contribution in [1.82, 2.24) is 20.0 Å². The summed E-state index contributed by atoms with van der Waals surface area (Å²) in [6, 6.07) is 6.39. The highest BCUT2D eigenvalue weighted by Gasteiger charge is 2.17. The lowest BCUT2D eigenvalue weighted by atomic mass is 10.1. The van der Waals surface area contributed by atoms with Crippen molar-refractivity contribution in [2.24, 2.45) is 7.05 Å². The molecule has 0 atom stereocenters. The summed E-state index contributed by atoms with van der Waals surface area (Å²) < 4.78 is 29.8. The Labute approximate surface area is 150 Å². The van der Waals surface area contributed by atoms with Crippen LogP contribution in [0.1, 0.15) is 27.5 Å². The Morgan fingerprint density at radius 3 is 2.50 bits per heavy atom. The summed E-state index contributed by atoms with van der Waals surface area (Å²) in [7, 11) is -1.57. The average molecular weight is 375 g/mol. The number of nitrogens with zero attached hydrogens (tertiary/aromatic N) is 4. The number of anilines is 1. The molecule has 3 aromatic rings. The van der Waals surface area contributed by atoms with Gasteiger partial charge in [-0.05, 0) is 30.2 Å². The van der Waals surface area contributed by atoms with Crippen molar-refractivity contribution < 1.29 is 17.6 Å². The van der Waals surface area contributed by atoms with E-state index in [1.165, 1.54) is 16.8 Å². The number of aryl methyl sites for hydroxylation is 2. The van der Waals surface area contributed by atoms with E-state index in [0.717, 1.165) is 17.4 Å². The SMILES string of the molecule is Cc1cnn(C)c1C(=O)Nc1nnc(Cc2ccc(S(C)(=O)=O)cc2)o1. The third-order valence-electron chi connectivity index (χ3n) is 3.73. The van der Waals surface area contributed by atoms with Crippen LogP contribution in [0.5, 0.6) is 0 Å². The molecule has 0 fully saturated rings. The van der Waals surface area contributed by atoms with Crippen molar-refractivity contribution in [1.29, 1.82) is 0 Å². The molecule has 2 heterocycles. The Morgan fingerprint density at radius 2 is 1.92 bits per heavy atom. The van der Waals surface area contributed by atoms with Crippen molar-refractivity contribution in [2.45, 2.75) is 18.2 Å². The molecule has 10 heteroatoms. The van der Waals surface area contributed by atoms with Crippen molar-refractivity contribution in [2.75, 3.05) is 11.6 Å². The van der Waals surface area contributed by atoms with Gasteiger partial charge in [-0.25, -0.2) is 8.42 Å². The van der Waals surface area contributed by atoms with E-state index in [0.29, 0.717) is 18.0 Å². The van der Waals surface area contributed by atoms with Gasteiger partial charge in [0.15, 0.2) is 9.84 Å². The number of sulfone groups is 1. The third kappa shape index (κ3) is 3.80. The number of benzene rings is 1. The molecule has 0 aliphatic rings. The summed E-state index contributed by atoms with van der Waals surface area (Å²) in [6.45, 7) is 1.78. The molecule has 9 nitrogen and oxygen atoms in total. The lowest BCUT2D eigenvalue weighted by molar-refractivity contribution is 0.101. The van der Waals surface area contributed by atoms with E-state index in [2.05, 4.69) is 20.6 Å². The largest absolute Gasteiger partial charge is 0.407 e. The molecule has 0 aliphatic heterocycles. The van der Waals surface area contributed by atoms with E-state index < -0.39 is 15.7 Å². The summed E-state index contributed by atoms with van der Waals surface area (Å²) >= 11 is 0. The molecule has 3 rings (SSSR count). The molecule has 0 saturated heterocycles. The fourth-order valence-corrected chi connectivity index (χ4v) is 3.06. The Morgan fingerprint density at radius 1 is 1.23 bits per heavy atom. The summed E-state index contributed by atoms with van der Waals surface area (Å²) in [5.74, 6) is -0.0932. The molecule has 1 amide bonds. The molecule has 0 radical (unpaired) electrons. The van der Waals surface area contributed by atoms with Crippen molar-refractivity contribution in [3.63, 3.8) is 0 Å². The molecule has 0 aliphatic carbocycles. The van der Waals surface area contributed by atoms with Gasteiger partial charge in [0.2, 0.25) is 5.89 Å². The van der Waals surface area contributed by atoms with Gasteiger partial charge in [-0.2, -0.15) is 5.10 Å². The minimum absolute atomic E-state index is 0.0154. The minimum Gasteiger partial charge on any atom is -0.407 e. The van der Waals surface area contributed by atoms with Gasteiger partial charge in [-0.15, -0.1) is 5.10 Å². The fourth-order valence-electron chi connectivity index (χ4n) is 2.43. The van der Waals surface area contributed by atoms with Crippen LogP contribution >= 0.6 is 0 Å². The van der Waals surface area contributed by atoms with Crippen LogP contribution in [0.4, 0.5) is 6.01 Å². The first-order valence-corrected chi connectivity index (χ1v) is 9.54. The highest BCUT2D eigenvalue weighted by Crippen LogP contribution is 2.15. The summed E-state index contributed by atoms with van der Waals surface area (Å²) in [6.07, 6.45) is 3.06. The first-order chi connectivity index (χ1) is 12.2. The molecule has 0 unspecified atom stereocenters. The summed E-state index contributed by atoms with van der Waals surface area (Å²) in [5.41, 5.74) is 1.94. The first-order valence-electron chi connectivity index (χ1n) is 7.65. The minimum atomic E-state index is -3.24. The number of carbonyl (C=O) groups is 1. The highest BCUT2D eigenvalue weighted by molar-refractivity contribution is 7.90. The van der Waals surface area contributed by atoms with Crippen molar-refractivity contribution in [3.05, 3.63) is 53.2 Å². The van der Waals surface area contributed by atoms with E-state index in [1.54, 1.807) is 32.3 Å². The third-order valence-corrected chi connectivity index (χ3v) is 4.86. The summed E-state index contributed by atoms with van der Waals surface area (Å²) in [4.78, 5) is 12.5. The number of nitrogens with one attached hydrogen (secondary N) is 1. The molecule has 2 aromatic heterocycles. The predicted octanol–water partition coefficient (Wildman–Crippen LogP) is 1.36. The topological polar surface area (TPSA) is 120 Å². The lowest BCUT2D eigenvalue weighted by Crippen LogP contribution is -2.17. The number of hydrogen-bond donors (Lipinski definition) is 1. The van der Waals surface area contributed by atoms with Gasteiger partial charge in [-0.3, -0.25) is 14.8 Å². The van der Waals surface area contributed by atoms with Crippen LogP contribution in [0.25, 0.3) is 0 Å². The zero-order chi connectivity index (χ0) is 18.9. The number of rotatable bonds is 5. The second kappa shape index (κ2) is 6.71. The Balaban J connectivity index is 1.69. The van der Waals surface area contributed by atoms with Crippen LogP contribution in [-0.4, -0.2) is 40.6 Å². The monoisotopic (exact) mass is 375 g/mol. The Hall–Kier alpha value is -3.01.